The fourth-order valence-corrected chi connectivity index (χ4v) is 1.49. The van der Waals surface area contributed by atoms with E-state index in [0.717, 1.165) is 6.42 Å². The van der Waals surface area contributed by atoms with Gasteiger partial charge in [0.25, 0.3) is 5.91 Å². The van der Waals surface area contributed by atoms with Crippen molar-refractivity contribution in [3.05, 3.63) is 17.5 Å². The van der Waals surface area contributed by atoms with Gasteiger partial charge in [-0.05, 0) is 13.3 Å². The molecule has 0 saturated carbocycles. The zero-order chi connectivity index (χ0) is 12.1. The number of hydrogen-bond donors (Lipinski definition) is 1. The molecule has 88 valence electrons. The predicted octanol–water partition coefficient (Wildman–Crippen LogP) is 1.12. The van der Waals surface area contributed by atoms with Gasteiger partial charge in [-0.1, -0.05) is 24.3 Å². The van der Waals surface area contributed by atoms with Crippen molar-refractivity contribution >= 4 is 23.1 Å². The highest BCUT2D eigenvalue weighted by Crippen LogP contribution is 2.07. The number of thiocarbonyl (C=S) groups is 1. The van der Waals surface area contributed by atoms with E-state index in [1.807, 2.05) is 6.92 Å². The molecule has 1 heterocycles. The molecule has 5 nitrogen and oxygen atoms in total. The topological polar surface area (TPSA) is 72.4 Å². The van der Waals surface area contributed by atoms with Gasteiger partial charge >= 0.3 is 0 Å². The zero-order valence-corrected chi connectivity index (χ0v) is 10.2. The fourth-order valence-electron chi connectivity index (χ4n) is 1.33. The van der Waals surface area contributed by atoms with Crippen LogP contribution in [0.1, 0.15) is 29.6 Å². The molecular formula is C10H15N3O2S. The summed E-state index contributed by atoms with van der Waals surface area (Å²) >= 11 is 4.80. The Morgan fingerprint density at radius 1 is 1.69 bits per heavy atom. The van der Waals surface area contributed by atoms with Crippen LogP contribution in [0.3, 0.4) is 0 Å². The first-order valence-electron chi connectivity index (χ1n) is 5.05. The van der Waals surface area contributed by atoms with Gasteiger partial charge in [0.15, 0.2) is 0 Å². The van der Waals surface area contributed by atoms with Crippen LogP contribution in [0.5, 0.6) is 0 Å². The molecule has 0 radical (unpaired) electrons. The molecule has 0 bridgehead atoms. The van der Waals surface area contributed by atoms with Crippen molar-refractivity contribution in [1.82, 2.24) is 10.1 Å². The number of nitrogens with zero attached hydrogens (tertiary/aromatic N) is 2. The summed E-state index contributed by atoms with van der Waals surface area (Å²) in [5, 5.41) is 3.67. The second-order valence-corrected chi connectivity index (χ2v) is 4.05. The molecular weight excluding hydrogens is 226 g/mol. The van der Waals surface area contributed by atoms with Crippen molar-refractivity contribution in [2.45, 2.75) is 20.3 Å². The number of amides is 1. The third-order valence-corrected chi connectivity index (χ3v) is 2.10. The Morgan fingerprint density at radius 3 is 2.81 bits per heavy atom. The van der Waals surface area contributed by atoms with E-state index in [9.17, 15) is 4.79 Å². The molecule has 0 atom stereocenters. The van der Waals surface area contributed by atoms with Crippen LogP contribution in [0.15, 0.2) is 10.6 Å². The lowest BCUT2D eigenvalue weighted by Crippen LogP contribution is -2.38. The highest BCUT2D eigenvalue weighted by Gasteiger charge is 2.19. The first-order valence-corrected chi connectivity index (χ1v) is 5.46. The second-order valence-electron chi connectivity index (χ2n) is 3.53. The van der Waals surface area contributed by atoms with Crippen LogP contribution in [-0.4, -0.2) is 34.0 Å². The van der Waals surface area contributed by atoms with Gasteiger partial charge in [0.05, 0.1) is 17.2 Å². The lowest BCUT2D eigenvalue weighted by molar-refractivity contribution is 0.0738. The summed E-state index contributed by atoms with van der Waals surface area (Å²) in [4.78, 5) is 13.8. The Balaban J connectivity index is 2.78. The van der Waals surface area contributed by atoms with E-state index in [1.165, 1.54) is 0 Å². The van der Waals surface area contributed by atoms with E-state index in [0.29, 0.717) is 12.2 Å². The number of aromatic nitrogens is 1. The number of nitrogens with two attached hydrogens (primary N) is 1. The van der Waals surface area contributed by atoms with Gasteiger partial charge in [0.2, 0.25) is 5.76 Å². The largest absolute Gasteiger partial charge is 0.392 e. The first kappa shape index (κ1) is 12.6. The van der Waals surface area contributed by atoms with Crippen molar-refractivity contribution in [2.75, 3.05) is 13.1 Å². The van der Waals surface area contributed by atoms with E-state index in [4.69, 9.17) is 22.5 Å². The van der Waals surface area contributed by atoms with Gasteiger partial charge in [-0.3, -0.25) is 4.79 Å². The molecule has 16 heavy (non-hydrogen) atoms. The van der Waals surface area contributed by atoms with Crippen molar-refractivity contribution in [3.63, 3.8) is 0 Å². The van der Waals surface area contributed by atoms with E-state index >= 15 is 0 Å². The van der Waals surface area contributed by atoms with E-state index in [1.54, 1.807) is 17.9 Å². The Kier molecular flexibility index (Phi) is 4.42. The summed E-state index contributed by atoms with van der Waals surface area (Å²) in [5.74, 6) is -0.00236. The van der Waals surface area contributed by atoms with Crippen LogP contribution in [0.4, 0.5) is 0 Å². The van der Waals surface area contributed by atoms with Gasteiger partial charge in [0.1, 0.15) is 0 Å². The number of hydrogen-bond acceptors (Lipinski definition) is 4. The summed E-state index contributed by atoms with van der Waals surface area (Å²) in [6, 6.07) is 1.60. The highest BCUT2D eigenvalue weighted by molar-refractivity contribution is 7.80. The van der Waals surface area contributed by atoms with Gasteiger partial charge in [-0.25, -0.2) is 0 Å². The predicted molar refractivity (Wildman–Crippen MR) is 64.2 cm³/mol. The average Bonchev–Trinajstić information content (AvgIpc) is 2.62. The van der Waals surface area contributed by atoms with Crippen molar-refractivity contribution in [1.29, 1.82) is 0 Å². The minimum Gasteiger partial charge on any atom is -0.392 e. The van der Waals surface area contributed by atoms with Gasteiger partial charge < -0.3 is 15.2 Å². The third-order valence-electron chi connectivity index (χ3n) is 1.97. The number of carbonyl (C=O) groups is 1. The van der Waals surface area contributed by atoms with Gasteiger partial charge in [-0.15, -0.1) is 0 Å². The monoisotopic (exact) mass is 241 g/mol. The number of carbonyl (C=O) groups excluding carboxylic acids is 1. The molecule has 0 aromatic carbocycles. The smallest absolute Gasteiger partial charge is 0.292 e. The zero-order valence-electron chi connectivity index (χ0n) is 9.40. The molecule has 0 fully saturated rings. The Bertz CT molecular complexity index is 389. The van der Waals surface area contributed by atoms with Crippen LogP contribution in [-0.2, 0) is 0 Å². The molecule has 0 spiro atoms. The van der Waals surface area contributed by atoms with E-state index < -0.39 is 0 Å². The molecule has 1 aromatic heterocycles. The summed E-state index contributed by atoms with van der Waals surface area (Å²) in [5.41, 5.74) is 6.11. The average molecular weight is 241 g/mol. The molecule has 6 heteroatoms. The molecule has 0 unspecified atom stereocenters. The molecule has 1 aromatic rings. The maximum absolute atomic E-state index is 12.0. The number of rotatable bonds is 5. The molecule has 0 aliphatic rings. The molecule has 0 aliphatic carbocycles. The SMILES string of the molecule is CCCN(CC(N)=S)C(=O)c1cc(C)no1. The maximum atomic E-state index is 12.0. The summed E-state index contributed by atoms with van der Waals surface area (Å²) < 4.78 is 4.91. The van der Waals surface area contributed by atoms with Crippen LogP contribution in [0.25, 0.3) is 0 Å². The van der Waals surface area contributed by atoms with Gasteiger partial charge in [0, 0.05) is 12.6 Å². The molecule has 0 saturated heterocycles. The standard InChI is InChI=1S/C10H15N3O2S/c1-3-4-13(6-9(11)16)10(14)8-5-7(2)12-15-8/h5H,3-4,6H2,1-2H3,(H2,11,16). The summed E-state index contributed by atoms with van der Waals surface area (Å²) in [6.45, 7) is 4.60. The Morgan fingerprint density at radius 2 is 2.38 bits per heavy atom. The molecule has 0 aliphatic heterocycles. The summed E-state index contributed by atoms with van der Waals surface area (Å²) in [7, 11) is 0. The van der Waals surface area contributed by atoms with Crippen LogP contribution in [0, 0.1) is 6.92 Å². The summed E-state index contributed by atoms with van der Waals surface area (Å²) in [6.07, 6.45) is 0.835. The minimum atomic E-state index is -0.227. The van der Waals surface area contributed by atoms with E-state index in [-0.39, 0.29) is 23.2 Å². The third kappa shape index (κ3) is 3.30. The Hall–Kier alpha value is -1.43. The maximum Gasteiger partial charge on any atom is 0.292 e. The van der Waals surface area contributed by atoms with Crippen LogP contribution < -0.4 is 5.73 Å². The van der Waals surface area contributed by atoms with E-state index in [2.05, 4.69) is 5.16 Å². The van der Waals surface area contributed by atoms with Crippen LogP contribution in [0.2, 0.25) is 0 Å². The normalized spacial score (nSPS) is 10.1. The Labute approximate surface area is 99.6 Å². The lowest BCUT2D eigenvalue weighted by atomic mass is 10.3. The quantitative estimate of drug-likeness (QED) is 0.782. The molecule has 2 N–H and O–H groups in total. The van der Waals surface area contributed by atoms with Crippen molar-refractivity contribution < 1.29 is 9.32 Å². The second kappa shape index (κ2) is 5.60. The van der Waals surface area contributed by atoms with Crippen molar-refractivity contribution in [2.24, 2.45) is 5.73 Å². The number of aryl methyl sites for hydroxylation is 1. The fraction of sp³-hybridized carbons (Fsp3) is 0.500. The lowest BCUT2D eigenvalue weighted by Gasteiger charge is -2.19. The first-order chi connectivity index (χ1) is 7.54. The van der Waals surface area contributed by atoms with Crippen LogP contribution >= 0.6 is 12.2 Å². The minimum absolute atomic E-state index is 0.224. The molecule has 1 amide bonds. The van der Waals surface area contributed by atoms with Gasteiger partial charge in [-0.2, -0.15) is 0 Å². The highest BCUT2D eigenvalue weighted by atomic mass is 32.1. The van der Waals surface area contributed by atoms with Crippen molar-refractivity contribution in [3.8, 4) is 0 Å². The molecule has 1 rings (SSSR count).